The lowest BCUT2D eigenvalue weighted by molar-refractivity contribution is -0.136. The Labute approximate surface area is 224 Å². The Bertz CT molecular complexity index is 1460. The summed E-state index contributed by atoms with van der Waals surface area (Å²) < 4.78 is 5.86. The van der Waals surface area contributed by atoms with Crippen molar-refractivity contribution >= 4 is 46.9 Å². The van der Waals surface area contributed by atoms with E-state index in [0.717, 1.165) is 5.56 Å². The van der Waals surface area contributed by atoms with E-state index >= 15 is 0 Å². The minimum Gasteiger partial charge on any atom is -0.488 e. The molecule has 0 atom stereocenters. The molecule has 0 aromatic heterocycles. The van der Waals surface area contributed by atoms with E-state index in [1.807, 2.05) is 36.4 Å². The van der Waals surface area contributed by atoms with Crippen LogP contribution in [0, 0.1) is 0 Å². The van der Waals surface area contributed by atoms with Crippen LogP contribution in [0.3, 0.4) is 0 Å². The second kappa shape index (κ2) is 12.8. The molecular formula is C29H23ClN4O4. The van der Waals surface area contributed by atoms with Gasteiger partial charge in [0, 0.05) is 16.3 Å². The van der Waals surface area contributed by atoms with Crippen LogP contribution >= 0.6 is 11.6 Å². The van der Waals surface area contributed by atoms with Gasteiger partial charge in [-0.3, -0.25) is 14.4 Å². The summed E-state index contributed by atoms with van der Waals surface area (Å²) in [4.78, 5) is 37.6. The molecule has 4 aromatic rings. The lowest BCUT2D eigenvalue weighted by Crippen LogP contribution is -2.33. The molecule has 0 heterocycles. The Morgan fingerprint density at radius 3 is 2.24 bits per heavy atom. The van der Waals surface area contributed by atoms with Crippen molar-refractivity contribution in [1.29, 1.82) is 0 Å². The number of para-hydroxylation sites is 2. The van der Waals surface area contributed by atoms with Gasteiger partial charge >= 0.3 is 11.8 Å². The highest BCUT2D eigenvalue weighted by Gasteiger charge is 2.18. The van der Waals surface area contributed by atoms with Gasteiger partial charge in [-0.1, -0.05) is 66.2 Å². The summed E-state index contributed by atoms with van der Waals surface area (Å²) in [6.45, 7) is 0.367. The highest BCUT2D eigenvalue weighted by atomic mass is 35.5. The molecule has 0 saturated carbocycles. The fourth-order valence-electron chi connectivity index (χ4n) is 3.37. The molecule has 3 amide bonds. The maximum atomic E-state index is 12.7. The van der Waals surface area contributed by atoms with Crippen molar-refractivity contribution in [2.75, 3.05) is 10.6 Å². The first-order valence-electron chi connectivity index (χ1n) is 11.6. The first kappa shape index (κ1) is 26.1. The molecule has 0 unspecified atom stereocenters. The van der Waals surface area contributed by atoms with Gasteiger partial charge in [0.1, 0.15) is 12.4 Å². The number of anilines is 2. The van der Waals surface area contributed by atoms with Gasteiger partial charge in [-0.2, -0.15) is 5.10 Å². The number of hydrazone groups is 1. The Kier molecular flexibility index (Phi) is 8.83. The molecule has 8 nitrogen and oxygen atoms in total. The molecule has 0 radical (unpaired) electrons. The molecule has 190 valence electrons. The largest absolute Gasteiger partial charge is 0.488 e. The number of amides is 3. The van der Waals surface area contributed by atoms with Gasteiger partial charge in [0.25, 0.3) is 5.91 Å². The molecule has 0 saturated heterocycles. The number of carbonyl (C=O) groups excluding carboxylic acids is 3. The van der Waals surface area contributed by atoms with Gasteiger partial charge in [0.05, 0.1) is 17.5 Å². The Morgan fingerprint density at radius 1 is 0.763 bits per heavy atom. The number of halogens is 1. The molecule has 0 fully saturated rings. The van der Waals surface area contributed by atoms with Crippen molar-refractivity contribution in [2.45, 2.75) is 6.61 Å². The van der Waals surface area contributed by atoms with Gasteiger partial charge in [-0.05, 0) is 54.1 Å². The molecule has 4 aromatic carbocycles. The Morgan fingerprint density at radius 2 is 1.45 bits per heavy atom. The lowest BCUT2D eigenvalue weighted by atomic mass is 10.1. The van der Waals surface area contributed by atoms with Crippen LogP contribution in [0.4, 0.5) is 11.4 Å². The second-order valence-electron chi connectivity index (χ2n) is 7.97. The summed E-state index contributed by atoms with van der Waals surface area (Å²) >= 11 is 5.88. The van der Waals surface area contributed by atoms with Gasteiger partial charge in [-0.25, -0.2) is 5.43 Å². The van der Waals surface area contributed by atoms with Crippen molar-refractivity contribution in [3.8, 4) is 5.75 Å². The monoisotopic (exact) mass is 526 g/mol. The summed E-state index contributed by atoms with van der Waals surface area (Å²) in [7, 11) is 0. The first-order chi connectivity index (χ1) is 18.5. The van der Waals surface area contributed by atoms with E-state index < -0.39 is 17.7 Å². The number of hydrogen-bond acceptors (Lipinski definition) is 5. The van der Waals surface area contributed by atoms with Crippen molar-refractivity contribution in [3.05, 3.63) is 125 Å². The third kappa shape index (κ3) is 7.28. The van der Waals surface area contributed by atoms with Crippen LogP contribution in [0.5, 0.6) is 5.75 Å². The van der Waals surface area contributed by atoms with E-state index in [1.165, 1.54) is 18.3 Å². The second-order valence-corrected chi connectivity index (χ2v) is 8.41. The zero-order valence-electron chi connectivity index (χ0n) is 20.1. The van der Waals surface area contributed by atoms with Crippen molar-refractivity contribution < 1.29 is 19.1 Å². The molecule has 4 rings (SSSR count). The lowest BCUT2D eigenvalue weighted by Gasteiger charge is -2.11. The molecule has 0 aliphatic carbocycles. The molecule has 0 aliphatic rings. The maximum Gasteiger partial charge on any atom is 0.329 e. The standard InChI is InChI=1S/C29H23ClN4O4/c30-22-14-16-23(17-15-22)32-27(35)24-11-5-6-12-25(24)33-28(36)29(37)34-31-18-21-10-4-7-13-26(21)38-19-20-8-2-1-3-9-20/h1-18H,19H2,(H,32,35)(H,33,36)(H,34,37). The Balaban J connectivity index is 1.35. The van der Waals surface area contributed by atoms with Crippen molar-refractivity contribution in [1.82, 2.24) is 5.43 Å². The van der Waals surface area contributed by atoms with Crippen LogP contribution in [-0.4, -0.2) is 23.9 Å². The van der Waals surface area contributed by atoms with Gasteiger partial charge in [-0.15, -0.1) is 0 Å². The first-order valence-corrected chi connectivity index (χ1v) is 11.9. The summed E-state index contributed by atoms with van der Waals surface area (Å²) in [5, 5.41) is 9.59. The van der Waals surface area contributed by atoms with Crippen LogP contribution in [0.25, 0.3) is 0 Å². The third-order valence-electron chi connectivity index (χ3n) is 5.25. The quantitative estimate of drug-likeness (QED) is 0.165. The zero-order valence-corrected chi connectivity index (χ0v) is 20.8. The summed E-state index contributed by atoms with van der Waals surface area (Å²) in [5.74, 6) is -1.88. The number of carbonyl (C=O) groups is 3. The van der Waals surface area contributed by atoms with Crippen molar-refractivity contribution in [3.63, 3.8) is 0 Å². The molecule has 9 heteroatoms. The number of rotatable bonds is 8. The van der Waals surface area contributed by atoms with Crippen LogP contribution < -0.4 is 20.8 Å². The molecular weight excluding hydrogens is 504 g/mol. The van der Waals surface area contributed by atoms with Crippen LogP contribution in [-0.2, 0) is 16.2 Å². The number of ether oxygens (including phenoxy) is 1. The predicted molar refractivity (Wildman–Crippen MR) is 147 cm³/mol. The fraction of sp³-hybridized carbons (Fsp3) is 0.0345. The normalized spacial score (nSPS) is 10.6. The summed E-state index contributed by atoms with van der Waals surface area (Å²) in [5.41, 5.74) is 4.70. The maximum absolute atomic E-state index is 12.7. The van der Waals surface area contributed by atoms with Crippen LogP contribution in [0.2, 0.25) is 5.02 Å². The fourth-order valence-corrected chi connectivity index (χ4v) is 3.49. The minimum atomic E-state index is -1.00. The van der Waals surface area contributed by atoms with Crippen molar-refractivity contribution in [2.24, 2.45) is 5.10 Å². The number of benzene rings is 4. The van der Waals surface area contributed by atoms with E-state index in [-0.39, 0.29) is 11.3 Å². The van der Waals surface area contributed by atoms with Gasteiger partial charge in [0.2, 0.25) is 0 Å². The number of nitrogens with one attached hydrogen (secondary N) is 3. The van der Waals surface area contributed by atoms with E-state index in [4.69, 9.17) is 16.3 Å². The third-order valence-corrected chi connectivity index (χ3v) is 5.51. The Hall–Kier alpha value is -4.95. The average Bonchev–Trinajstić information content (AvgIpc) is 2.94. The van der Waals surface area contributed by atoms with E-state index in [9.17, 15) is 14.4 Å². The highest BCUT2D eigenvalue weighted by molar-refractivity contribution is 6.40. The van der Waals surface area contributed by atoms with Crippen LogP contribution in [0.15, 0.2) is 108 Å². The van der Waals surface area contributed by atoms with E-state index in [0.29, 0.717) is 28.6 Å². The smallest absolute Gasteiger partial charge is 0.329 e. The molecule has 0 spiro atoms. The molecule has 0 aliphatic heterocycles. The molecule has 3 N–H and O–H groups in total. The number of nitrogens with zero attached hydrogens (tertiary/aromatic N) is 1. The van der Waals surface area contributed by atoms with E-state index in [1.54, 1.807) is 54.6 Å². The highest BCUT2D eigenvalue weighted by Crippen LogP contribution is 2.20. The SMILES string of the molecule is O=C(NN=Cc1ccccc1OCc1ccccc1)C(=O)Nc1ccccc1C(=O)Nc1ccc(Cl)cc1. The predicted octanol–water partition coefficient (Wildman–Crippen LogP) is 5.26. The van der Waals surface area contributed by atoms with Crippen LogP contribution in [0.1, 0.15) is 21.5 Å². The summed E-state index contributed by atoms with van der Waals surface area (Å²) in [6.07, 6.45) is 1.39. The van der Waals surface area contributed by atoms with E-state index in [2.05, 4.69) is 21.2 Å². The number of hydrogen-bond donors (Lipinski definition) is 3. The minimum absolute atomic E-state index is 0.169. The average molecular weight is 527 g/mol. The van der Waals surface area contributed by atoms with Gasteiger partial charge in [0.15, 0.2) is 0 Å². The topological polar surface area (TPSA) is 109 Å². The van der Waals surface area contributed by atoms with Gasteiger partial charge < -0.3 is 15.4 Å². The zero-order chi connectivity index (χ0) is 26.7. The summed E-state index contributed by atoms with van der Waals surface area (Å²) in [6, 6.07) is 29.8. The molecule has 38 heavy (non-hydrogen) atoms. The molecule has 0 bridgehead atoms.